The molecule has 0 unspecified atom stereocenters. The monoisotopic (exact) mass is 325 g/mol. The standard InChI is InChI=1S/C21H27NO2/c1-17-7-9-18(10-8-17)13-22(20-11-12-20)14-21(23)16-24-15-19-5-3-2-4-6-19/h2-10,20-21,23H,11-16H2,1H3/t21-/m1/s1. The third-order valence-electron chi connectivity index (χ3n) is 4.44. The maximum atomic E-state index is 10.3. The molecule has 0 radical (unpaired) electrons. The van der Waals surface area contributed by atoms with E-state index in [1.54, 1.807) is 0 Å². The fraction of sp³-hybridized carbons (Fsp3) is 0.429. The summed E-state index contributed by atoms with van der Waals surface area (Å²) in [7, 11) is 0. The molecule has 0 heterocycles. The first-order valence-electron chi connectivity index (χ1n) is 8.80. The molecular weight excluding hydrogens is 298 g/mol. The second-order valence-electron chi connectivity index (χ2n) is 6.80. The number of aryl methyl sites for hydroxylation is 1. The molecule has 0 amide bonds. The minimum Gasteiger partial charge on any atom is -0.389 e. The summed E-state index contributed by atoms with van der Waals surface area (Å²) in [6, 6.07) is 19.4. The number of aliphatic hydroxyl groups is 1. The van der Waals surface area contributed by atoms with Crippen molar-refractivity contribution in [1.29, 1.82) is 0 Å². The summed E-state index contributed by atoms with van der Waals surface area (Å²) in [5.74, 6) is 0. The number of rotatable bonds is 9. The van der Waals surface area contributed by atoms with E-state index in [0.717, 1.165) is 12.1 Å². The molecule has 24 heavy (non-hydrogen) atoms. The highest BCUT2D eigenvalue weighted by molar-refractivity contribution is 5.21. The van der Waals surface area contributed by atoms with E-state index < -0.39 is 6.10 Å². The molecule has 1 atom stereocenters. The molecule has 1 N–H and O–H groups in total. The van der Waals surface area contributed by atoms with Gasteiger partial charge in [0, 0.05) is 19.1 Å². The Morgan fingerprint density at radius 1 is 1.04 bits per heavy atom. The SMILES string of the molecule is Cc1ccc(CN(C[C@@H](O)COCc2ccccc2)C2CC2)cc1. The number of benzene rings is 2. The van der Waals surface area contributed by atoms with Gasteiger partial charge in [-0.15, -0.1) is 0 Å². The smallest absolute Gasteiger partial charge is 0.0900 e. The van der Waals surface area contributed by atoms with Crippen LogP contribution >= 0.6 is 0 Å². The Morgan fingerprint density at radius 2 is 1.75 bits per heavy atom. The van der Waals surface area contributed by atoms with Crippen molar-refractivity contribution in [2.24, 2.45) is 0 Å². The van der Waals surface area contributed by atoms with Gasteiger partial charge in [-0.1, -0.05) is 60.2 Å². The van der Waals surface area contributed by atoms with Crippen LogP contribution in [-0.2, 0) is 17.9 Å². The van der Waals surface area contributed by atoms with Crippen LogP contribution in [-0.4, -0.2) is 35.3 Å². The highest BCUT2D eigenvalue weighted by atomic mass is 16.5. The highest BCUT2D eigenvalue weighted by Crippen LogP contribution is 2.28. The van der Waals surface area contributed by atoms with Crippen LogP contribution in [0.2, 0.25) is 0 Å². The average Bonchev–Trinajstić information content (AvgIpc) is 3.42. The lowest BCUT2D eigenvalue weighted by molar-refractivity contribution is 0.00705. The second-order valence-corrected chi connectivity index (χ2v) is 6.80. The van der Waals surface area contributed by atoms with Gasteiger partial charge in [-0.3, -0.25) is 4.90 Å². The van der Waals surface area contributed by atoms with Gasteiger partial charge in [0.15, 0.2) is 0 Å². The van der Waals surface area contributed by atoms with Gasteiger partial charge in [-0.25, -0.2) is 0 Å². The first-order valence-corrected chi connectivity index (χ1v) is 8.80. The summed E-state index contributed by atoms with van der Waals surface area (Å²) < 4.78 is 5.67. The third kappa shape index (κ3) is 5.45. The van der Waals surface area contributed by atoms with E-state index in [0.29, 0.717) is 25.8 Å². The van der Waals surface area contributed by atoms with Crippen LogP contribution in [0.3, 0.4) is 0 Å². The molecule has 128 valence electrons. The van der Waals surface area contributed by atoms with Crippen LogP contribution in [0.25, 0.3) is 0 Å². The van der Waals surface area contributed by atoms with Crippen LogP contribution in [0.4, 0.5) is 0 Å². The largest absolute Gasteiger partial charge is 0.389 e. The van der Waals surface area contributed by atoms with Crippen molar-refractivity contribution in [1.82, 2.24) is 4.90 Å². The molecule has 3 rings (SSSR count). The molecule has 0 saturated heterocycles. The fourth-order valence-corrected chi connectivity index (χ4v) is 2.92. The van der Waals surface area contributed by atoms with Crippen molar-refractivity contribution in [3.8, 4) is 0 Å². The Hall–Kier alpha value is -1.68. The lowest BCUT2D eigenvalue weighted by Gasteiger charge is -2.25. The van der Waals surface area contributed by atoms with Gasteiger partial charge in [0.25, 0.3) is 0 Å². The molecule has 2 aromatic carbocycles. The molecule has 3 nitrogen and oxygen atoms in total. The summed E-state index contributed by atoms with van der Waals surface area (Å²) in [6.07, 6.45) is 2.03. The van der Waals surface area contributed by atoms with Crippen LogP contribution in [0.1, 0.15) is 29.5 Å². The minimum atomic E-state index is -0.445. The lowest BCUT2D eigenvalue weighted by atomic mass is 10.1. The molecule has 0 aromatic heterocycles. The Balaban J connectivity index is 1.45. The first kappa shape index (κ1) is 17.2. The molecule has 2 aromatic rings. The zero-order valence-corrected chi connectivity index (χ0v) is 14.4. The molecule has 0 aliphatic heterocycles. The van der Waals surface area contributed by atoms with Crippen LogP contribution < -0.4 is 0 Å². The predicted molar refractivity (Wildman–Crippen MR) is 96.7 cm³/mol. The summed E-state index contributed by atoms with van der Waals surface area (Å²) in [5.41, 5.74) is 3.74. The number of hydrogen-bond donors (Lipinski definition) is 1. The van der Waals surface area contributed by atoms with Crippen molar-refractivity contribution >= 4 is 0 Å². The predicted octanol–water partition coefficient (Wildman–Crippen LogP) is 3.54. The Labute approximate surface area is 144 Å². The normalized spacial score (nSPS) is 15.6. The van der Waals surface area contributed by atoms with Crippen molar-refractivity contribution in [2.45, 2.75) is 45.1 Å². The summed E-state index contributed by atoms with van der Waals surface area (Å²) in [6.45, 7) is 4.62. The van der Waals surface area contributed by atoms with Crippen LogP contribution in [0, 0.1) is 6.92 Å². The molecule has 1 fully saturated rings. The molecule has 1 aliphatic carbocycles. The topological polar surface area (TPSA) is 32.7 Å². The van der Waals surface area contributed by atoms with Crippen LogP contribution in [0.15, 0.2) is 54.6 Å². The zero-order chi connectivity index (χ0) is 16.8. The third-order valence-corrected chi connectivity index (χ3v) is 4.44. The summed E-state index contributed by atoms with van der Waals surface area (Å²) in [4.78, 5) is 2.39. The second kappa shape index (κ2) is 8.43. The van der Waals surface area contributed by atoms with Gasteiger partial charge in [0.05, 0.1) is 19.3 Å². The van der Waals surface area contributed by atoms with Gasteiger partial charge >= 0.3 is 0 Å². The zero-order valence-electron chi connectivity index (χ0n) is 14.4. The maximum Gasteiger partial charge on any atom is 0.0900 e. The van der Waals surface area contributed by atoms with Gasteiger partial charge in [0.2, 0.25) is 0 Å². The van der Waals surface area contributed by atoms with Crippen molar-refractivity contribution < 1.29 is 9.84 Å². The number of hydrogen-bond acceptors (Lipinski definition) is 3. The molecule has 1 aliphatic rings. The Morgan fingerprint density at radius 3 is 2.42 bits per heavy atom. The van der Waals surface area contributed by atoms with Crippen molar-refractivity contribution in [3.05, 3.63) is 71.3 Å². The Kier molecular flexibility index (Phi) is 6.02. The van der Waals surface area contributed by atoms with E-state index in [-0.39, 0.29) is 0 Å². The maximum absolute atomic E-state index is 10.3. The average molecular weight is 325 g/mol. The summed E-state index contributed by atoms with van der Waals surface area (Å²) >= 11 is 0. The van der Waals surface area contributed by atoms with E-state index in [9.17, 15) is 5.11 Å². The minimum absolute atomic E-state index is 0.381. The number of ether oxygens (including phenoxy) is 1. The molecule has 0 spiro atoms. The van der Waals surface area contributed by atoms with E-state index in [1.807, 2.05) is 30.3 Å². The van der Waals surface area contributed by atoms with E-state index >= 15 is 0 Å². The quantitative estimate of drug-likeness (QED) is 0.765. The molecular formula is C21H27NO2. The van der Waals surface area contributed by atoms with Gasteiger partial charge in [-0.2, -0.15) is 0 Å². The first-order chi connectivity index (χ1) is 11.7. The Bertz CT molecular complexity index is 607. The van der Waals surface area contributed by atoms with E-state index in [2.05, 4.69) is 36.1 Å². The van der Waals surface area contributed by atoms with Gasteiger partial charge in [0.1, 0.15) is 0 Å². The molecule has 3 heteroatoms. The lowest BCUT2D eigenvalue weighted by Crippen LogP contribution is -2.36. The highest BCUT2D eigenvalue weighted by Gasteiger charge is 2.30. The van der Waals surface area contributed by atoms with Crippen molar-refractivity contribution in [3.63, 3.8) is 0 Å². The summed E-state index contributed by atoms with van der Waals surface area (Å²) in [5, 5.41) is 10.3. The van der Waals surface area contributed by atoms with Crippen LogP contribution in [0.5, 0.6) is 0 Å². The number of nitrogens with zero attached hydrogens (tertiary/aromatic N) is 1. The van der Waals surface area contributed by atoms with E-state index in [4.69, 9.17) is 4.74 Å². The van der Waals surface area contributed by atoms with Crippen molar-refractivity contribution in [2.75, 3.05) is 13.2 Å². The molecule has 0 bridgehead atoms. The van der Waals surface area contributed by atoms with Gasteiger partial charge < -0.3 is 9.84 Å². The number of aliphatic hydroxyl groups excluding tert-OH is 1. The van der Waals surface area contributed by atoms with Gasteiger partial charge in [-0.05, 0) is 30.9 Å². The van der Waals surface area contributed by atoms with E-state index in [1.165, 1.54) is 24.0 Å². The fourth-order valence-electron chi connectivity index (χ4n) is 2.92. The molecule has 1 saturated carbocycles.